The van der Waals surface area contributed by atoms with Crippen molar-refractivity contribution in [3.8, 4) is 11.1 Å². The zero-order valence-electron chi connectivity index (χ0n) is 22.2. The number of anilines is 1. The number of rotatable bonds is 8. The molecule has 0 atom stereocenters. The van der Waals surface area contributed by atoms with Crippen LogP contribution in [0.15, 0.2) is 60.8 Å². The van der Waals surface area contributed by atoms with Crippen LogP contribution in [0.4, 0.5) is 10.5 Å². The van der Waals surface area contributed by atoms with Crippen LogP contribution in [0, 0.1) is 6.92 Å². The number of nitrogens with zero attached hydrogens (tertiary/aromatic N) is 2. The molecule has 7 nitrogen and oxygen atoms in total. The first-order valence-corrected chi connectivity index (χ1v) is 12.1. The third kappa shape index (κ3) is 8.75. The van der Waals surface area contributed by atoms with Crippen LogP contribution in [0.3, 0.4) is 0 Å². The summed E-state index contributed by atoms with van der Waals surface area (Å²) in [5, 5.41) is 12.6. The maximum atomic E-state index is 13.1. The van der Waals surface area contributed by atoms with Gasteiger partial charge in [-0.25, -0.2) is 4.79 Å². The van der Waals surface area contributed by atoms with Crippen LogP contribution in [0.25, 0.3) is 11.1 Å². The molecule has 2 aromatic carbocycles. The zero-order chi connectivity index (χ0) is 26.3. The van der Waals surface area contributed by atoms with Crippen molar-refractivity contribution in [3.63, 3.8) is 0 Å². The molecule has 0 fully saturated rings. The number of carbonyl (C=O) groups is 2. The Bertz CT molecular complexity index is 1220. The van der Waals surface area contributed by atoms with Gasteiger partial charge in [-0.15, -0.1) is 0 Å². The zero-order valence-corrected chi connectivity index (χ0v) is 22.2. The fraction of sp³-hybridized carbons (Fsp3) is 0.345. The van der Waals surface area contributed by atoms with Gasteiger partial charge in [0.25, 0.3) is 0 Å². The van der Waals surface area contributed by atoms with Crippen LogP contribution in [-0.4, -0.2) is 47.5 Å². The SMILES string of the molecule is CCc1cccc(-c2cnc(CO)c(NC(=O)CN(Cc3cccc(C)c3)C(=O)OC(C)(C)C)c2)c1.[B]. The van der Waals surface area contributed by atoms with Gasteiger partial charge in [-0.3, -0.25) is 14.7 Å². The summed E-state index contributed by atoms with van der Waals surface area (Å²) in [6.45, 7) is 9.09. The summed E-state index contributed by atoms with van der Waals surface area (Å²) in [6.07, 6.45) is 2.01. The van der Waals surface area contributed by atoms with E-state index in [4.69, 9.17) is 4.74 Å². The van der Waals surface area contributed by atoms with Crippen molar-refractivity contribution >= 4 is 26.1 Å². The highest BCUT2D eigenvalue weighted by Crippen LogP contribution is 2.25. The molecule has 0 spiro atoms. The van der Waals surface area contributed by atoms with Gasteiger partial charge in [0.1, 0.15) is 12.1 Å². The highest BCUT2D eigenvalue weighted by molar-refractivity contribution is 5.95. The largest absolute Gasteiger partial charge is 0.444 e. The van der Waals surface area contributed by atoms with Crippen LogP contribution < -0.4 is 5.32 Å². The minimum Gasteiger partial charge on any atom is -0.444 e. The predicted octanol–water partition coefficient (Wildman–Crippen LogP) is 5.11. The molecule has 0 aliphatic rings. The summed E-state index contributed by atoms with van der Waals surface area (Å²) < 4.78 is 5.55. The molecule has 0 saturated carbocycles. The lowest BCUT2D eigenvalue weighted by atomic mass is 10.0. The number of benzene rings is 2. The standard InChI is InChI=1S/C29H35N3O4.B/c1-6-21-10-8-12-23(14-21)24-15-25(26(19-33)30-16-24)31-27(34)18-32(28(35)36-29(3,4)5)17-22-11-7-9-20(2)13-22;/h7-16,33H,6,17-19H2,1-5H3,(H,31,34);. The maximum absolute atomic E-state index is 13.1. The van der Waals surface area contributed by atoms with Gasteiger partial charge < -0.3 is 15.2 Å². The molecule has 1 heterocycles. The Morgan fingerprint density at radius 1 is 1.03 bits per heavy atom. The van der Waals surface area contributed by atoms with Gasteiger partial charge in [-0.05, 0) is 56.9 Å². The molecule has 0 unspecified atom stereocenters. The molecule has 2 amide bonds. The van der Waals surface area contributed by atoms with Crippen molar-refractivity contribution in [2.75, 3.05) is 11.9 Å². The maximum Gasteiger partial charge on any atom is 0.411 e. The minimum absolute atomic E-state index is 0. The van der Waals surface area contributed by atoms with E-state index in [0.29, 0.717) is 11.4 Å². The van der Waals surface area contributed by atoms with Crippen molar-refractivity contribution in [2.45, 2.75) is 59.8 Å². The first kappa shape index (κ1) is 29.6. The fourth-order valence-electron chi connectivity index (χ4n) is 3.76. The smallest absolute Gasteiger partial charge is 0.411 e. The van der Waals surface area contributed by atoms with Crippen LogP contribution in [-0.2, 0) is 29.1 Å². The van der Waals surface area contributed by atoms with E-state index in [2.05, 4.69) is 29.4 Å². The average Bonchev–Trinajstić information content (AvgIpc) is 2.82. The van der Waals surface area contributed by atoms with Crippen molar-refractivity contribution in [1.82, 2.24) is 9.88 Å². The van der Waals surface area contributed by atoms with E-state index in [1.54, 1.807) is 33.0 Å². The molecule has 0 bridgehead atoms. The van der Waals surface area contributed by atoms with Gasteiger partial charge in [0.2, 0.25) is 5.91 Å². The monoisotopic (exact) mass is 500 g/mol. The topological polar surface area (TPSA) is 91.8 Å². The second-order valence-corrected chi connectivity index (χ2v) is 9.80. The molecule has 37 heavy (non-hydrogen) atoms. The molecule has 0 aliphatic heterocycles. The van der Waals surface area contributed by atoms with Gasteiger partial charge in [0, 0.05) is 26.7 Å². The van der Waals surface area contributed by atoms with Crippen molar-refractivity contribution in [2.24, 2.45) is 0 Å². The molecule has 3 rings (SSSR count). The second kappa shape index (κ2) is 13.1. The Balaban J connectivity index is 0.00000481. The van der Waals surface area contributed by atoms with E-state index >= 15 is 0 Å². The number of carbonyl (C=O) groups excluding carboxylic acids is 2. The molecule has 8 heteroatoms. The van der Waals surface area contributed by atoms with E-state index in [1.165, 1.54) is 10.5 Å². The lowest BCUT2D eigenvalue weighted by Crippen LogP contribution is -2.41. The molecule has 2 N–H and O–H groups in total. The van der Waals surface area contributed by atoms with Crippen molar-refractivity contribution < 1.29 is 19.4 Å². The summed E-state index contributed by atoms with van der Waals surface area (Å²) in [5.74, 6) is -0.413. The molecule has 0 saturated heterocycles. The molecule has 0 aliphatic carbocycles. The molecule has 1 aromatic heterocycles. The summed E-state index contributed by atoms with van der Waals surface area (Å²) in [6, 6.07) is 17.7. The van der Waals surface area contributed by atoms with E-state index in [1.807, 2.05) is 43.3 Å². The van der Waals surface area contributed by atoms with Gasteiger partial charge in [0.15, 0.2) is 0 Å². The van der Waals surface area contributed by atoms with Gasteiger partial charge >= 0.3 is 6.09 Å². The van der Waals surface area contributed by atoms with Crippen molar-refractivity contribution in [1.29, 1.82) is 0 Å². The number of aliphatic hydroxyl groups excluding tert-OH is 1. The van der Waals surface area contributed by atoms with Gasteiger partial charge in [-0.2, -0.15) is 0 Å². The number of pyridine rings is 1. The van der Waals surface area contributed by atoms with E-state index in [-0.39, 0.29) is 28.1 Å². The van der Waals surface area contributed by atoms with Gasteiger partial charge in [-0.1, -0.05) is 61.0 Å². The second-order valence-electron chi connectivity index (χ2n) is 9.80. The Hall–Kier alpha value is -3.65. The minimum atomic E-state index is -0.701. The highest BCUT2D eigenvalue weighted by Gasteiger charge is 2.25. The quantitative estimate of drug-likeness (QED) is 0.420. The molecule has 3 radical (unpaired) electrons. The summed E-state index contributed by atoms with van der Waals surface area (Å²) in [7, 11) is 0. The van der Waals surface area contributed by atoms with Crippen LogP contribution in [0.2, 0.25) is 0 Å². The number of aliphatic hydroxyl groups is 1. The summed E-state index contributed by atoms with van der Waals surface area (Å²) in [4.78, 5) is 31.7. The van der Waals surface area contributed by atoms with Crippen LogP contribution in [0.5, 0.6) is 0 Å². The highest BCUT2D eigenvalue weighted by atomic mass is 16.6. The third-order valence-electron chi connectivity index (χ3n) is 5.50. The lowest BCUT2D eigenvalue weighted by Gasteiger charge is -2.27. The summed E-state index contributed by atoms with van der Waals surface area (Å²) in [5.41, 5.74) is 4.98. The number of hydrogen-bond donors (Lipinski definition) is 2. The molecule has 3 aromatic rings. The van der Waals surface area contributed by atoms with Gasteiger partial charge in [0.05, 0.1) is 18.0 Å². The average molecular weight is 500 g/mol. The fourth-order valence-corrected chi connectivity index (χ4v) is 3.76. The first-order chi connectivity index (χ1) is 17.1. The van der Waals surface area contributed by atoms with E-state index in [0.717, 1.165) is 28.7 Å². The summed E-state index contributed by atoms with van der Waals surface area (Å²) >= 11 is 0. The number of hydrogen-bond acceptors (Lipinski definition) is 5. The Labute approximate surface area is 221 Å². The molecular formula is C29H35BN3O4. The number of nitrogens with one attached hydrogen (secondary N) is 1. The van der Waals surface area contributed by atoms with Crippen molar-refractivity contribution in [3.05, 3.63) is 83.2 Å². The third-order valence-corrected chi connectivity index (χ3v) is 5.50. The molecule has 193 valence electrons. The normalized spacial score (nSPS) is 10.9. The predicted molar refractivity (Wildman–Crippen MR) is 147 cm³/mol. The number of aryl methyl sites for hydroxylation is 2. The van der Waals surface area contributed by atoms with E-state index in [9.17, 15) is 14.7 Å². The first-order valence-electron chi connectivity index (χ1n) is 12.1. The van der Waals surface area contributed by atoms with E-state index < -0.39 is 17.6 Å². The van der Waals surface area contributed by atoms with Crippen LogP contribution >= 0.6 is 0 Å². The number of ether oxygens (including phenoxy) is 1. The lowest BCUT2D eigenvalue weighted by molar-refractivity contribution is -0.117. The Kier molecular flexibility index (Phi) is 10.4. The Morgan fingerprint density at radius 3 is 2.38 bits per heavy atom. The number of amides is 2. The Morgan fingerprint density at radius 2 is 1.73 bits per heavy atom. The molecular weight excluding hydrogens is 465 g/mol. The van der Waals surface area contributed by atoms with Crippen LogP contribution in [0.1, 0.15) is 50.1 Å². The number of aromatic nitrogens is 1.